The van der Waals surface area contributed by atoms with Gasteiger partial charge in [-0.05, 0) is 54.0 Å². The molecule has 43 heavy (non-hydrogen) atoms. The highest BCUT2D eigenvalue weighted by molar-refractivity contribution is 6.30. The molecule has 0 radical (unpaired) electrons. The summed E-state index contributed by atoms with van der Waals surface area (Å²) in [4.78, 5) is 15.5. The van der Waals surface area contributed by atoms with Crippen LogP contribution in [0.3, 0.4) is 0 Å². The first-order chi connectivity index (χ1) is 21.0. The van der Waals surface area contributed by atoms with Crippen molar-refractivity contribution in [3.8, 4) is 17.4 Å². The fourth-order valence-corrected chi connectivity index (χ4v) is 5.41. The number of nitrogens with zero attached hydrogens (tertiary/aromatic N) is 8. The molecule has 2 aromatic carbocycles. The van der Waals surface area contributed by atoms with Gasteiger partial charge in [-0.15, -0.1) is 10.2 Å². The maximum Gasteiger partial charge on any atom is 0.317 e. The van der Waals surface area contributed by atoms with Gasteiger partial charge in [-0.3, -0.25) is 4.90 Å². The normalized spacial score (nSPS) is 17.2. The SMILES string of the molecule is Fc1cc(Cl)ccc1COc1ncc(F)c(C2=CCN(Cc3nc4cc(-c5nn[nH]n5)ccc4n3C[C@@H]3CCO3)CC2)n1. The number of ether oxygens (including phenoxy) is 2. The number of imidazole rings is 1. The van der Waals surface area contributed by atoms with Crippen molar-refractivity contribution < 1.29 is 18.3 Å². The van der Waals surface area contributed by atoms with Crippen molar-refractivity contribution in [1.82, 2.24) is 45.0 Å². The van der Waals surface area contributed by atoms with E-state index >= 15 is 0 Å². The summed E-state index contributed by atoms with van der Waals surface area (Å²) in [5.41, 5.74) is 3.94. The van der Waals surface area contributed by atoms with Crippen LogP contribution in [0.1, 0.15) is 29.9 Å². The van der Waals surface area contributed by atoms with E-state index in [1.165, 1.54) is 12.1 Å². The van der Waals surface area contributed by atoms with Crippen LogP contribution in [0.2, 0.25) is 5.02 Å². The van der Waals surface area contributed by atoms with Gasteiger partial charge in [0.2, 0.25) is 5.82 Å². The van der Waals surface area contributed by atoms with Gasteiger partial charge in [0.1, 0.15) is 23.9 Å². The molecular formula is C29H26ClF2N9O2. The van der Waals surface area contributed by atoms with Gasteiger partial charge in [-0.1, -0.05) is 23.7 Å². The number of hydrogen-bond acceptors (Lipinski definition) is 9. The van der Waals surface area contributed by atoms with Gasteiger partial charge in [0.25, 0.3) is 0 Å². The molecule has 11 nitrogen and oxygen atoms in total. The second-order valence-corrected chi connectivity index (χ2v) is 10.9. The predicted octanol–water partition coefficient (Wildman–Crippen LogP) is 4.60. The Kier molecular flexibility index (Phi) is 7.51. The second-order valence-electron chi connectivity index (χ2n) is 10.4. The third-order valence-electron chi connectivity index (χ3n) is 7.67. The minimum Gasteiger partial charge on any atom is -0.458 e. The summed E-state index contributed by atoms with van der Waals surface area (Å²) in [6, 6.07) is 10.2. The summed E-state index contributed by atoms with van der Waals surface area (Å²) in [5.74, 6) is 0.401. The van der Waals surface area contributed by atoms with Crippen LogP contribution in [-0.2, 0) is 24.4 Å². The van der Waals surface area contributed by atoms with E-state index < -0.39 is 11.6 Å². The predicted molar refractivity (Wildman–Crippen MR) is 153 cm³/mol. The topological polar surface area (TPSA) is 120 Å². The molecule has 1 N–H and O–H groups in total. The van der Waals surface area contributed by atoms with Crippen LogP contribution in [0.5, 0.6) is 6.01 Å². The lowest BCUT2D eigenvalue weighted by molar-refractivity contribution is -0.0591. The molecule has 3 aromatic heterocycles. The molecule has 5 heterocycles. The van der Waals surface area contributed by atoms with Crippen LogP contribution in [0.4, 0.5) is 8.78 Å². The number of aromatic nitrogens is 8. The molecule has 1 atom stereocenters. The quantitative estimate of drug-likeness (QED) is 0.257. The Morgan fingerprint density at radius 1 is 1.12 bits per heavy atom. The number of halogens is 3. The van der Waals surface area contributed by atoms with Crippen molar-refractivity contribution >= 4 is 28.2 Å². The standard InChI is InChI=1S/C29H26ClF2N9O2/c30-20-3-1-19(22(31)12-20)16-43-29-33-13-23(32)27(35-29)17-5-8-40(9-6-17)15-26-34-24-11-18(28-36-38-39-37-28)2-4-25(24)41(26)14-21-7-10-42-21/h1-5,11-13,21H,6-10,14-16H2,(H,36,37,38,39)/t21-/m0/s1. The highest BCUT2D eigenvalue weighted by Crippen LogP contribution is 2.28. The Bertz CT molecular complexity index is 1810. The van der Waals surface area contributed by atoms with Crippen LogP contribution in [0, 0.1) is 11.6 Å². The van der Waals surface area contributed by atoms with E-state index in [1.807, 2.05) is 24.3 Å². The summed E-state index contributed by atoms with van der Waals surface area (Å²) in [5, 5.41) is 14.6. The van der Waals surface area contributed by atoms with E-state index in [0.29, 0.717) is 42.5 Å². The number of hydrogen-bond donors (Lipinski definition) is 1. The third kappa shape index (κ3) is 5.83. The lowest BCUT2D eigenvalue weighted by atomic mass is 10.0. The first kappa shape index (κ1) is 27.5. The monoisotopic (exact) mass is 605 g/mol. The Labute approximate surface area is 249 Å². The molecule has 1 fully saturated rings. The minimum atomic E-state index is -0.538. The molecule has 14 heteroatoms. The van der Waals surface area contributed by atoms with Crippen LogP contribution >= 0.6 is 11.6 Å². The number of rotatable bonds is 9. The summed E-state index contributed by atoms with van der Waals surface area (Å²) >= 11 is 5.82. The zero-order chi connectivity index (χ0) is 29.3. The fourth-order valence-electron chi connectivity index (χ4n) is 5.26. The van der Waals surface area contributed by atoms with Gasteiger partial charge >= 0.3 is 6.01 Å². The number of aromatic amines is 1. The van der Waals surface area contributed by atoms with Crippen LogP contribution < -0.4 is 4.74 Å². The number of tetrazole rings is 1. The molecule has 0 spiro atoms. The molecule has 2 aliphatic heterocycles. The van der Waals surface area contributed by atoms with Gasteiger partial charge in [0.15, 0.2) is 5.82 Å². The van der Waals surface area contributed by atoms with E-state index in [-0.39, 0.29) is 24.4 Å². The molecule has 2 aliphatic rings. The van der Waals surface area contributed by atoms with E-state index in [1.54, 1.807) is 6.07 Å². The molecule has 0 amide bonds. The van der Waals surface area contributed by atoms with E-state index in [9.17, 15) is 8.78 Å². The fraction of sp³-hybridized carbons (Fsp3) is 0.310. The summed E-state index contributed by atoms with van der Waals surface area (Å²) in [6.45, 7) is 3.26. The maximum atomic E-state index is 14.8. The first-order valence-electron chi connectivity index (χ1n) is 13.9. The van der Waals surface area contributed by atoms with Gasteiger partial charge in [0, 0.05) is 35.8 Å². The molecule has 0 unspecified atom stereocenters. The minimum absolute atomic E-state index is 0.0267. The zero-order valence-electron chi connectivity index (χ0n) is 22.9. The van der Waals surface area contributed by atoms with Crippen molar-refractivity contribution in [2.45, 2.75) is 38.6 Å². The molecule has 1 saturated heterocycles. The lowest BCUT2D eigenvalue weighted by Gasteiger charge is -2.29. The Balaban J connectivity index is 1.07. The first-order valence-corrected chi connectivity index (χ1v) is 14.2. The van der Waals surface area contributed by atoms with Gasteiger partial charge in [0.05, 0.1) is 36.4 Å². The highest BCUT2D eigenvalue weighted by atomic mass is 35.5. The highest BCUT2D eigenvalue weighted by Gasteiger charge is 2.24. The number of benzene rings is 2. The molecule has 7 rings (SSSR count). The smallest absolute Gasteiger partial charge is 0.317 e. The third-order valence-corrected chi connectivity index (χ3v) is 7.90. The molecule has 0 bridgehead atoms. The largest absolute Gasteiger partial charge is 0.458 e. The van der Waals surface area contributed by atoms with Gasteiger partial charge in [-0.2, -0.15) is 10.2 Å². The molecule has 5 aromatic rings. The molecular weight excluding hydrogens is 580 g/mol. The summed E-state index contributed by atoms with van der Waals surface area (Å²) in [6.07, 6.45) is 4.80. The van der Waals surface area contributed by atoms with Gasteiger partial charge < -0.3 is 14.0 Å². The van der Waals surface area contributed by atoms with E-state index in [0.717, 1.165) is 53.8 Å². The van der Waals surface area contributed by atoms with E-state index in [2.05, 4.69) is 40.1 Å². The van der Waals surface area contributed by atoms with Crippen molar-refractivity contribution in [3.63, 3.8) is 0 Å². The van der Waals surface area contributed by atoms with Gasteiger partial charge in [-0.25, -0.2) is 18.7 Å². The molecule has 0 saturated carbocycles. The Morgan fingerprint density at radius 2 is 2.02 bits per heavy atom. The van der Waals surface area contributed by atoms with Crippen LogP contribution in [-0.4, -0.2) is 70.8 Å². The lowest BCUT2D eigenvalue weighted by Crippen LogP contribution is -2.33. The average molecular weight is 606 g/mol. The summed E-state index contributed by atoms with van der Waals surface area (Å²) < 4.78 is 42.4. The number of nitrogens with one attached hydrogen (secondary N) is 1. The Morgan fingerprint density at radius 3 is 2.77 bits per heavy atom. The molecule has 220 valence electrons. The van der Waals surface area contributed by atoms with Crippen molar-refractivity contribution in [2.75, 3.05) is 19.7 Å². The van der Waals surface area contributed by atoms with Crippen LogP contribution in [0.15, 0.2) is 48.7 Å². The van der Waals surface area contributed by atoms with Crippen molar-refractivity contribution in [1.29, 1.82) is 0 Å². The Hall–Kier alpha value is -4.33. The maximum absolute atomic E-state index is 14.8. The van der Waals surface area contributed by atoms with Crippen molar-refractivity contribution in [2.24, 2.45) is 0 Å². The molecule has 0 aliphatic carbocycles. The summed E-state index contributed by atoms with van der Waals surface area (Å²) in [7, 11) is 0. The van der Waals surface area contributed by atoms with E-state index in [4.69, 9.17) is 26.1 Å². The second kappa shape index (κ2) is 11.7. The van der Waals surface area contributed by atoms with Crippen molar-refractivity contribution in [3.05, 3.63) is 82.4 Å². The zero-order valence-corrected chi connectivity index (χ0v) is 23.6. The average Bonchev–Trinajstić information content (AvgIpc) is 3.64. The number of H-pyrrole nitrogens is 1. The number of fused-ring (bicyclic) bond motifs is 1. The van der Waals surface area contributed by atoms with Crippen LogP contribution in [0.25, 0.3) is 28.0 Å².